The maximum absolute atomic E-state index is 3.63. The monoisotopic (exact) mass is 214 g/mol. The highest BCUT2D eigenvalue weighted by molar-refractivity contribution is 4.76. The van der Waals surface area contributed by atoms with Crippen molar-refractivity contribution in [1.29, 1.82) is 0 Å². The van der Waals surface area contributed by atoms with E-state index < -0.39 is 0 Å². The van der Waals surface area contributed by atoms with E-state index in [9.17, 15) is 0 Å². The normalized spacial score (nSPS) is 15.0. The molecule has 0 aromatic carbocycles. The van der Waals surface area contributed by atoms with Gasteiger partial charge >= 0.3 is 0 Å². The van der Waals surface area contributed by atoms with Crippen molar-refractivity contribution in [2.75, 3.05) is 27.2 Å². The fraction of sp³-hybridized carbons (Fsp3) is 1.00. The third kappa shape index (κ3) is 8.88. The fourth-order valence-corrected chi connectivity index (χ4v) is 2.15. The minimum atomic E-state index is 0.356. The Morgan fingerprint density at radius 3 is 2.07 bits per heavy atom. The third-order valence-corrected chi connectivity index (χ3v) is 2.50. The van der Waals surface area contributed by atoms with Crippen LogP contribution in [0.5, 0.6) is 0 Å². The molecule has 0 saturated heterocycles. The van der Waals surface area contributed by atoms with Gasteiger partial charge in [0.15, 0.2) is 0 Å². The zero-order valence-electron chi connectivity index (χ0n) is 11.7. The van der Waals surface area contributed by atoms with E-state index in [4.69, 9.17) is 0 Å². The van der Waals surface area contributed by atoms with Crippen molar-refractivity contribution in [3.05, 3.63) is 0 Å². The van der Waals surface area contributed by atoms with Crippen LogP contribution >= 0.6 is 0 Å². The fourth-order valence-electron chi connectivity index (χ4n) is 2.15. The topological polar surface area (TPSA) is 15.3 Å². The number of hydrogen-bond acceptors (Lipinski definition) is 2. The summed E-state index contributed by atoms with van der Waals surface area (Å²) in [6.07, 6.45) is 1.26. The predicted molar refractivity (Wildman–Crippen MR) is 69.3 cm³/mol. The summed E-state index contributed by atoms with van der Waals surface area (Å²) >= 11 is 0. The van der Waals surface area contributed by atoms with E-state index in [1.807, 2.05) is 0 Å². The molecule has 0 radical (unpaired) electrons. The van der Waals surface area contributed by atoms with Gasteiger partial charge in [-0.1, -0.05) is 27.7 Å². The Morgan fingerprint density at radius 2 is 1.67 bits per heavy atom. The van der Waals surface area contributed by atoms with Crippen LogP contribution in [0.4, 0.5) is 0 Å². The van der Waals surface area contributed by atoms with Gasteiger partial charge in [0.1, 0.15) is 0 Å². The molecule has 2 nitrogen and oxygen atoms in total. The van der Waals surface area contributed by atoms with Crippen LogP contribution in [-0.4, -0.2) is 38.1 Å². The minimum absolute atomic E-state index is 0.356. The van der Waals surface area contributed by atoms with Crippen LogP contribution in [0.25, 0.3) is 0 Å². The number of nitrogens with zero attached hydrogens (tertiary/aromatic N) is 1. The van der Waals surface area contributed by atoms with E-state index in [1.54, 1.807) is 0 Å². The lowest BCUT2D eigenvalue weighted by atomic mass is 9.92. The number of hydrogen-bond donors (Lipinski definition) is 1. The summed E-state index contributed by atoms with van der Waals surface area (Å²) in [5, 5.41) is 3.63. The highest BCUT2D eigenvalue weighted by Gasteiger charge is 2.19. The second-order valence-electron chi connectivity index (χ2n) is 6.31. The smallest absolute Gasteiger partial charge is 0.00413 e. The van der Waals surface area contributed by atoms with Gasteiger partial charge in [0.2, 0.25) is 0 Å². The number of nitrogens with one attached hydrogen (secondary N) is 1. The van der Waals surface area contributed by atoms with E-state index in [2.05, 4.69) is 58.9 Å². The molecule has 2 heteroatoms. The molecule has 0 bridgehead atoms. The van der Waals surface area contributed by atoms with Crippen molar-refractivity contribution in [2.24, 2.45) is 11.3 Å². The molecule has 0 unspecified atom stereocenters. The summed E-state index contributed by atoms with van der Waals surface area (Å²) in [7, 11) is 4.28. The van der Waals surface area contributed by atoms with E-state index in [-0.39, 0.29) is 0 Å². The molecule has 0 aromatic heterocycles. The first-order chi connectivity index (χ1) is 6.73. The van der Waals surface area contributed by atoms with Crippen molar-refractivity contribution in [3.63, 3.8) is 0 Å². The maximum Gasteiger partial charge on any atom is 0.00413 e. The summed E-state index contributed by atoms with van der Waals surface area (Å²) in [5.74, 6) is 0.782. The molecule has 0 aliphatic heterocycles. The lowest BCUT2D eigenvalue weighted by Gasteiger charge is -2.30. The third-order valence-electron chi connectivity index (χ3n) is 2.50. The molecule has 0 aliphatic rings. The summed E-state index contributed by atoms with van der Waals surface area (Å²) < 4.78 is 0. The van der Waals surface area contributed by atoms with Crippen LogP contribution in [0.15, 0.2) is 0 Å². The lowest BCUT2D eigenvalue weighted by molar-refractivity contribution is 0.223. The van der Waals surface area contributed by atoms with E-state index in [0.717, 1.165) is 19.0 Å². The molecule has 0 heterocycles. The van der Waals surface area contributed by atoms with Gasteiger partial charge in [0.25, 0.3) is 0 Å². The molecule has 0 spiro atoms. The minimum Gasteiger partial charge on any atom is -0.314 e. The van der Waals surface area contributed by atoms with Gasteiger partial charge in [-0.15, -0.1) is 0 Å². The van der Waals surface area contributed by atoms with E-state index in [1.165, 1.54) is 6.42 Å². The molecule has 1 atom stereocenters. The van der Waals surface area contributed by atoms with Crippen molar-refractivity contribution < 1.29 is 0 Å². The van der Waals surface area contributed by atoms with E-state index in [0.29, 0.717) is 11.5 Å². The zero-order valence-corrected chi connectivity index (χ0v) is 11.7. The Bertz CT molecular complexity index is 162. The Hall–Kier alpha value is -0.0800. The SMILES string of the molecule is CC(C)C[C@H](C)NCC(C)(C)CN(C)C. The first-order valence-corrected chi connectivity index (χ1v) is 6.11. The highest BCUT2D eigenvalue weighted by atomic mass is 15.1. The van der Waals surface area contributed by atoms with Crippen LogP contribution in [0.3, 0.4) is 0 Å². The molecule has 0 rings (SSSR count). The van der Waals surface area contributed by atoms with Crippen LogP contribution in [0, 0.1) is 11.3 Å². The summed E-state index contributed by atoms with van der Waals surface area (Å²) in [6.45, 7) is 13.7. The van der Waals surface area contributed by atoms with Gasteiger partial charge in [-0.3, -0.25) is 0 Å². The Labute approximate surface area is 96.4 Å². The lowest BCUT2D eigenvalue weighted by Crippen LogP contribution is -2.41. The maximum atomic E-state index is 3.63. The summed E-state index contributed by atoms with van der Waals surface area (Å²) in [6, 6.07) is 0.631. The Balaban J connectivity index is 3.82. The van der Waals surface area contributed by atoms with Gasteiger partial charge < -0.3 is 10.2 Å². The van der Waals surface area contributed by atoms with Gasteiger partial charge in [0, 0.05) is 19.1 Å². The molecule has 15 heavy (non-hydrogen) atoms. The standard InChI is InChI=1S/C13H30N2/c1-11(2)8-12(3)14-9-13(4,5)10-15(6)7/h11-12,14H,8-10H2,1-7H3/t12-/m0/s1. The Kier molecular flexibility index (Phi) is 6.46. The van der Waals surface area contributed by atoms with Crippen LogP contribution in [0.1, 0.15) is 41.0 Å². The van der Waals surface area contributed by atoms with Crippen molar-refractivity contribution in [2.45, 2.75) is 47.1 Å². The Morgan fingerprint density at radius 1 is 1.13 bits per heavy atom. The average molecular weight is 214 g/mol. The molecular weight excluding hydrogens is 184 g/mol. The van der Waals surface area contributed by atoms with Crippen LogP contribution in [-0.2, 0) is 0 Å². The highest BCUT2D eigenvalue weighted by Crippen LogP contribution is 2.15. The van der Waals surface area contributed by atoms with Gasteiger partial charge in [-0.2, -0.15) is 0 Å². The molecular formula is C13H30N2. The van der Waals surface area contributed by atoms with Crippen molar-refractivity contribution in [1.82, 2.24) is 10.2 Å². The second-order valence-corrected chi connectivity index (χ2v) is 6.31. The second kappa shape index (κ2) is 6.49. The molecule has 0 fully saturated rings. The molecule has 1 N–H and O–H groups in total. The first kappa shape index (κ1) is 14.9. The molecule has 0 aromatic rings. The van der Waals surface area contributed by atoms with Gasteiger partial charge in [0.05, 0.1) is 0 Å². The molecule has 0 aliphatic carbocycles. The molecule has 92 valence electrons. The average Bonchev–Trinajstić information content (AvgIpc) is 1.97. The van der Waals surface area contributed by atoms with Gasteiger partial charge in [-0.05, 0) is 38.8 Å². The molecule has 0 saturated carbocycles. The summed E-state index contributed by atoms with van der Waals surface area (Å²) in [4.78, 5) is 2.26. The summed E-state index contributed by atoms with van der Waals surface area (Å²) in [5.41, 5.74) is 0.356. The zero-order chi connectivity index (χ0) is 12.1. The number of rotatable bonds is 7. The molecule has 0 amide bonds. The van der Waals surface area contributed by atoms with Crippen molar-refractivity contribution >= 4 is 0 Å². The van der Waals surface area contributed by atoms with Crippen molar-refractivity contribution in [3.8, 4) is 0 Å². The van der Waals surface area contributed by atoms with E-state index >= 15 is 0 Å². The van der Waals surface area contributed by atoms with Gasteiger partial charge in [-0.25, -0.2) is 0 Å². The first-order valence-electron chi connectivity index (χ1n) is 6.11. The predicted octanol–water partition coefficient (Wildman–Crippen LogP) is 2.60. The van der Waals surface area contributed by atoms with Crippen LogP contribution < -0.4 is 5.32 Å². The quantitative estimate of drug-likeness (QED) is 0.701. The largest absolute Gasteiger partial charge is 0.314 e. The van der Waals surface area contributed by atoms with Crippen LogP contribution in [0.2, 0.25) is 0 Å².